The van der Waals surface area contributed by atoms with Crippen molar-refractivity contribution in [3.8, 4) is 11.5 Å². The lowest BCUT2D eigenvalue weighted by Gasteiger charge is -2.26. The van der Waals surface area contributed by atoms with Crippen molar-refractivity contribution in [1.29, 1.82) is 0 Å². The average molecular weight is 330 g/mol. The van der Waals surface area contributed by atoms with E-state index in [1.807, 2.05) is 0 Å². The average Bonchev–Trinajstić information content (AvgIpc) is 3.30. The van der Waals surface area contributed by atoms with Crippen LogP contribution in [-0.4, -0.2) is 35.2 Å². The minimum absolute atomic E-state index is 0.0600. The zero-order valence-electron chi connectivity index (χ0n) is 12.1. The lowest BCUT2D eigenvalue weighted by atomic mass is 9.78. The normalized spacial score (nSPS) is 38.2. The predicted octanol–water partition coefficient (Wildman–Crippen LogP) is 0.477. The molecule has 4 bridgehead atoms. The van der Waals surface area contributed by atoms with Gasteiger partial charge in [0.25, 0.3) is 0 Å². The van der Waals surface area contributed by atoms with Crippen LogP contribution in [0.25, 0.3) is 11.2 Å². The second kappa shape index (κ2) is 3.72. The van der Waals surface area contributed by atoms with E-state index < -0.39 is 42.0 Å². The highest BCUT2D eigenvalue weighted by molar-refractivity contribution is 6.10. The van der Waals surface area contributed by atoms with E-state index in [-0.39, 0.29) is 34.5 Å². The van der Waals surface area contributed by atoms with Crippen LogP contribution < -0.4 is 9.47 Å². The van der Waals surface area contributed by atoms with Crippen molar-refractivity contribution in [2.24, 2.45) is 23.7 Å². The Hall–Kier alpha value is -2.61. The quantitative estimate of drug-likeness (QED) is 0.625. The van der Waals surface area contributed by atoms with Crippen LogP contribution in [0.15, 0.2) is 10.5 Å². The highest BCUT2D eigenvalue weighted by atomic mass is 16.6. The van der Waals surface area contributed by atoms with Gasteiger partial charge in [0.15, 0.2) is 11.2 Å². The van der Waals surface area contributed by atoms with Crippen LogP contribution in [0.2, 0.25) is 0 Å². The van der Waals surface area contributed by atoms with Gasteiger partial charge in [0.2, 0.25) is 11.5 Å². The predicted molar refractivity (Wildman–Crippen MR) is 72.5 cm³/mol. The van der Waals surface area contributed by atoms with E-state index in [9.17, 15) is 19.5 Å². The van der Waals surface area contributed by atoms with Gasteiger partial charge in [-0.1, -0.05) is 0 Å². The van der Waals surface area contributed by atoms with Crippen molar-refractivity contribution in [3.63, 3.8) is 0 Å². The lowest BCUT2D eigenvalue weighted by Crippen LogP contribution is -2.42. The Morgan fingerprint density at radius 1 is 1.29 bits per heavy atom. The Balaban J connectivity index is 1.35. The molecule has 1 N–H and O–H groups in total. The summed E-state index contributed by atoms with van der Waals surface area (Å²) in [5, 5.41) is 10.2. The molecule has 1 saturated heterocycles. The number of furan rings is 2. The number of aliphatic hydroxyl groups excluding tert-OH is 1. The first-order chi connectivity index (χ1) is 11.5. The van der Waals surface area contributed by atoms with Gasteiger partial charge in [-0.05, 0) is 6.42 Å². The summed E-state index contributed by atoms with van der Waals surface area (Å²) in [7, 11) is 0. The molecule has 0 aromatic carbocycles. The van der Waals surface area contributed by atoms with E-state index in [1.165, 1.54) is 6.07 Å². The van der Waals surface area contributed by atoms with Gasteiger partial charge in [0, 0.05) is 17.9 Å². The fourth-order valence-corrected chi connectivity index (χ4v) is 4.88. The highest BCUT2D eigenvalue weighted by Crippen LogP contribution is 2.58. The number of carbonyl (C=O) groups is 3. The molecule has 24 heavy (non-hydrogen) atoms. The molecule has 6 unspecified atom stereocenters. The molecule has 2 aliphatic heterocycles. The molecule has 0 radical (unpaired) electrons. The third kappa shape index (κ3) is 1.22. The van der Waals surface area contributed by atoms with Gasteiger partial charge in [-0.15, -0.1) is 0 Å². The van der Waals surface area contributed by atoms with E-state index in [4.69, 9.17) is 18.6 Å². The molecule has 6 atom stereocenters. The molecule has 2 aliphatic carbocycles. The molecule has 0 amide bonds. The van der Waals surface area contributed by atoms with Crippen LogP contribution in [0.5, 0.6) is 11.5 Å². The molecular formula is C16H10O8. The summed E-state index contributed by atoms with van der Waals surface area (Å²) in [6.07, 6.45) is -0.783. The molecule has 0 spiro atoms. The summed E-state index contributed by atoms with van der Waals surface area (Å²) in [4.78, 5) is 36.3. The van der Waals surface area contributed by atoms with Crippen LogP contribution in [-0.2, 0) is 14.3 Å². The summed E-state index contributed by atoms with van der Waals surface area (Å²) in [6.45, 7) is 0. The van der Waals surface area contributed by atoms with Gasteiger partial charge >= 0.3 is 17.9 Å². The maximum atomic E-state index is 12.7. The maximum Gasteiger partial charge on any atom is 0.347 e. The molecule has 2 aromatic rings. The lowest BCUT2D eigenvalue weighted by molar-refractivity contribution is -0.149. The second-order valence-corrected chi connectivity index (χ2v) is 6.83. The molecule has 4 aliphatic rings. The van der Waals surface area contributed by atoms with Gasteiger partial charge in [0.1, 0.15) is 11.7 Å². The number of ether oxygens (including phenoxy) is 3. The van der Waals surface area contributed by atoms with E-state index in [0.717, 1.165) is 0 Å². The molecule has 2 saturated carbocycles. The third-order valence-corrected chi connectivity index (χ3v) is 5.83. The number of esters is 3. The fraction of sp³-hybridized carbons (Fsp3) is 0.438. The van der Waals surface area contributed by atoms with Crippen molar-refractivity contribution < 1.29 is 38.1 Å². The third-order valence-electron chi connectivity index (χ3n) is 5.83. The Morgan fingerprint density at radius 2 is 2.12 bits per heavy atom. The topological polar surface area (TPSA) is 112 Å². The zero-order valence-corrected chi connectivity index (χ0v) is 12.1. The summed E-state index contributed by atoms with van der Waals surface area (Å²) in [6, 6.07) is 1.46. The SMILES string of the molecule is O=C1Oc2c(OC(=O)C3C4CC5C(OC(=O)C53)C4O)c3cc1c2o3. The molecule has 8 heteroatoms. The molecule has 8 nitrogen and oxygen atoms in total. The summed E-state index contributed by atoms with van der Waals surface area (Å²) in [5.74, 6) is -3.28. The van der Waals surface area contributed by atoms with Crippen LogP contribution in [0.4, 0.5) is 0 Å². The molecule has 6 rings (SSSR count). The number of hydrogen-bond acceptors (Lipinski definition) is 8. The minimum Gasteiger partial charge on any atom is -0.459 e. The van der Waals surface area contributed by atoms with Crippen molar-refractivity contribution in [2.75, 3.05) is 0 Å². The number of aliphatic hydroxyl groups is 1. The van der Waals surface area contributed by atoms with Crippen LogP contribution in [0, 0.1) is 23.7 Å². The number of carbonyl (C=O) groups excluding carboxylic acids is 3. The molecule has 122 valence electrons. The monoisotopic (exact) mass is 330 g/mol. The number of benzene rings is 1. The van der Waals surface area contributed by atoms with Crippen LogP contribution in [0.3, 0.4) is 0 Å². The van der Waals surface area contributed by atoms with Crippen molar-refractivity contribution in [3.05, 3.63) is 11.6 Å². The van der Waals surface area contributed by atoms with Crippen molar-refractivity contribution in [1.82, 2.24) is 0 Å². The summed E-state index contributed by atoms with van der Waals surface area (Å²) in [5.41, 5.74) is 0.841. The standard InChI is InChI=1S/C16H10O8/c17-9-3-1-4-8(16(20)22-10(4)9)7(3)15(19)23-12-6-2-5-11(21-6)13(12)24-14(5)18/h2-4,7-10,17H,1H2. The first kappa shape index (κ1) is 12.8. The Morgan fingerprint density at radius 3 is 2.96 bits per heavy atom. The van der Waals surface area contributed by atoms with Gasteiger partial charge in [-0.25, -0.2) is 4.79 Å². The van der Waals surface area contributed by atoms with Gasteiger partial charge < -0.3 is 23.7 Å². The second-order valence-electron chi connectivity index (χ2n) is 6.83. The van der Waals surface area contributed by atoms with Crippen LogP contribution in [0.1, 0.15) is 16.8 Å². The van der Waals surface area contributed by atoms with Crippen molar-refractivity contribution in [2.45, 2.75) is 18.6 Å². The first-order valence-corrected chi connectivity index (χ1v) is 7.76. The molecule has 3 fully saturated rings. The van der Waals surface area contributed by atoms with Crippen molar-refractivity contribution >= 4 is 29.1 Å². The Labute approximate surface area is 133 Å². The Kier molecular flexibility index (Phi) is 1.98. The largest absolute Gasteiger partial charge is 0.459 e. The summed E-state index contributed by atoms with van der Waals surface area (Å²) >= 11 is 0. The minimum atomic E-state index is -0.845. The van der Waals surface area contributed by atoms with Gasteiger partial charge in [0.05, 0.1) is 17.9 Å². The van der Waals surface area contributed by atoms with E-state index in [1.54, 1.807) is 0 Å². The highest BCUT2D eigenvalue weighted by Gasteiger charge is 2.68. The van der Waals surface area contributed by atoms with Gasteiger partial charge in [-0.3, -0.25) is 9.59 Å². The fourth-order valence-electron chi connectivity index (χ4n) is 4.88. The maximum absolute atomic E-state index is 12.7. The van der Waals surface area contributed by atoms with E-state index in [2.05, 4.69) is 0 Å². The van der Waals surface area contributed by atoms with E-state index >= 15 is 0 Å². The zero-order chi connectivity index (χ0) is 16.3. The van der Waals surface area contributed by atoms with E-state index in [0.29, 0.717) is 12.0 Å². The molecule has 4 heterocycles. The summed E-state index contributed by atoms with van der Waals surface area (Å²) < 4.78 is 21.0. The smallest absolute Gasteiger partial charge is 0.347 e. The molecule has 2 aromatic heterocycles. The number of hydrogen-bond donors (Lipinski definition) is 1. The Bertz CT molecular complexity index is 941. The number of fused-ring (bicyclic) bond motifs is 2. The van der Waals surface area contributed by atoms with Gasteiger partial charge in [-0.2, -0.15) is 0 Å². The first-order valence-electron chi connectivity index (χ1n) is 7.76. The number of rotatable bonds is 2. The van der Waals surface area contributed by atoms with Crippen LogP contribution >= 0.6 is 0 Å². The molecular weight excluding hydrogens is 320 g/mol.